The molecule has 0 bridgehead atoms. The minimum atomic E-state index is -0.150. The summed E-state index contributed by atoms with van der Waals surface area (Å²) in [6, 6.07) is 9.52. The summed E-state index contributed by atoms with van der Waals surface area (Å²) < 4.78 is 5.05. The summed E-state index contributed by atoms with van der Waals surface area (Å²) in [7, 11) is 0. The van der Waals surface area contributed by atoms with Crippen molar-refractivity contribution in [1.29, 1.82) is 0 Å². The lowest BCUT2D eigenvalue weighted by molar-refractivity contribution is -0.121. The highest BCUT2D eigenvalue weighted by molar-refractivity contribution is 6.30. The molecule has 1 aromatic heterocycles. The van der Waals surface area contributed by atoms with Gasteiger partial charge in [0.05, 0.1) is 6.04 Å². The molecule has 1 saturated heterocycles. The summed E-state index contributed by atoms with van der Waals surface area (Å²) in [5.41, 5.74) is 1.13. The third-order valence-electron chi connectivity index (χ3n) is 4.94. The van der Waals surface area contributed by atoms with Gasteiger partial charge in [0.2, 0.25) is 5.91 Å². The van der Waals surface area contributed by atoms with Crippen LogP contribution >= 0.6 is 11.6 Å². The second-order valence-electron chi connectivity index (χ2n) is 6.97. The number of benzene rings is 1. The minimum absolute atomic E-state index is 0.00652. The summed E-state index contributed by atoms with van der Waals surface area (Å²) >= 11 is 6.12. The first-order chi connectivity index (χ1) is 13.1. The Hall–Kier alpha value is -2.05. The highest BCUT2D eigenvalue weighted by Gasteiger charge is 2.29. The molecule has 7 heteroatoms. The zero-order chi connectivity index (χ0) is 19.2. The number of carbonyl (C=O) groups excluding carboxylic acids is 1. The van der Waals surface area contributed by atoms with Gasteiger partial charge in [-0.3, -0.25) is 9.69 Å². The summed E-state index contributed by atoms with van der Waals surface area (Å²) in [6.45, 7) is 7.39. The van der Waals surface area contributed by atoms with Crippen molar-refractivity contribution in [2.75, 3.05) is 36.4 Å². The molecular weight excluding hydrogens is 364 g/mol. The average Bonchev–Trinajstić information content (AvgIpc) is 3.07. The predicted octanol–water partition coefficient (Wildman–Crippen LogP) is 3.96. The van der Waals surface area contributed by atoms with Crippen molar-refractivity contribution in [2.45, 2.75) is 39.2 Å². The van der Waals surface area contributed by atoms with E-state index in [2.05, 4.69) is 33.3 Å². The number of unbranched alkanes of at least 4 members (excludes halogenated alkanes) is 1. The SMILES string of the molecule is CCCCC(C(=O)Nc1cc(C)on1)N1CCN(c2cccc(Cl)c2)CC1. The molecule has 1 aromatic carbocycles. The fourth-order valence-corrected chi connectivity index (χ4v) is 3.66. The van der Waals surface area contributed by atoms with Crippen LogP contribution < -0.4 is 10.2 Å². The molecule has 146 valence electrons. The van der Waals surface area contributed by atoms with Crippen molar-refractivity contribution in [2.24, 2.45) is 0 Å². The Morgan fingerprint density at radius 2 is 2.07 bits per heavy atom. The van der Waals surface area contributed by atoms with Crippen LogP contribution in [0.15, 0.2) is 34.9 Å². The number of hydrogen-bond acceptors (Lipinski definition) is 5. The maximum atomic E-state index is 12.9. The molecule has 3 rings (SSSR count). The summed E-state index contributed by atoms with van der Waals surface area (Å²) in [5.74, 6) is 1.16. The number of anilines is 2. The fraction of sp³-hybridized carbons (Fsp3) is 0.500. The van der Waals surface area contributed by atoms with Crippen molar-refractivity contribution in [1.82, 2.24) is 10.1 Å². The number of nitrogens with zero attached hydrogens (tertiary/aromatic N) is 3. The number of rotatable bonds is 7. The minimum Gasteiger partial charge on any atom is -0.369 e. The van der Waals surface area contributed by atoms with Gasteiger partial charge in [0.15, 0.2) is 5.82 Å². The first-order valence-electron chi connectivity index (χ1n) is 9.55. The quantitative estimate of drug-likeness (QED) is 0.775. The molecule has 1 amide bonds. The second-order valence-corrected chi connectivity index (χ2v) is 7.41. The van der Waals surface area contributed by atoms with Crippen LogP contribution in [0.3, 0.4) is 0 Å². The second kappa shape index (κ2) is 9.24. The Bertz CT molecular complexity index is 756. The van der Waals surface area contributed by atoms with Gasteiger partial charge < -0.3 is 14.7 Å². The van der Waals surface area contributed by atoms with Crippen LogP contribution in [0.4, 0.5) is 11.5 Å². The van der Waals surface area contributed by atoms with Gasteiger partial charge in [0.25, 0.3) is 0 Å². The van der Waals surface area contributed by atoms with Crippen LogP contribution in [0.1, 0.15) is 31.9 Å². The molecule has 1 fully saturated rings. The summed E-state index contributed by atoms with van der Waals surface area (Å²) in [4.78, 5) is 17.5. The van der Waals surface area contributed by atoms with E-state index in [-0.39, 0.29) is 11.9 Å². The highest BCUT2D eigenvalue weighted by Crippen LogP contribution is 2.22. The van der Waals surface area contributed by atoms with Crippen molar-refractivity contribution < 1.29 is 9.32 Å². The lowest BCUT2D eigenvalue weighted by atomic mass is 10.1. The molecule has 0 spiro atoms. The van der Waals surface area contributed by atoms with Gasteiger partial charge in [0.1, 0.15) is 5.76 Å². The standard InChI is InChI=1S/C20H27ClN4O2/c1-3-4-8-18(20(26)22-19-13-15(2)27-23-19)25-11-9-24(10-12-25)17-7-5-6-16(21)14-17/h5-7,13-14,18H,3-4,8-12H2,1-2H3,(H,22,23,26). The van der Waals surface area contributed by atoms with Gasteiger partial charge in [-0.2, -0.15) is 0 Å². The van der Waals surface area contributed by atoms with Gasteiger partial charge in [-0.15, -0.1) is 0 Å². The number of aromatic nitrogens is 1. The molecular formula is C20H27ClN4O2. The summed E-state index contributed by atoms with van der Waals surface area (Å²) in [6.07, 6.45) is 2.93. The third kappa shape index (κ3) is 5.23. The monoisotopic (exact) mass is 390 g/mol. The first-order valence-corrected chi connectivity index (χ1v) is 9.93. The Morgan fingerprint density at radius 3 is 2.70 bits per heavy atom. The van der Waals surface area contributed by atoms with E-state index in [0.29, 0.717) is 11.6 Å². The number of halogens is 1. The maximum Gasteiger partial charge on any atom is 0.242 e. The van der Waals surface area contributed by atoms with E-state index in [1.807, 2.05) is 25.1 Å². The fourth-order valence-electron chi connectivity index (χ4n) is 3.48. The van der Waals surface area contributed by atoms with Crippen molar-refractivity contribution in [3.8, 4) is 0 Å². The molecule has 1 aliphatic heterocycles. The van der Waals surface area contributed by atoms with E-state index in [4.69, 9.17) is 16.1 Å². The van der Waals surface area contributed by atoms with Crippen molar-refractivity contribution in [3.05, 3.63) is 41.1 Å². The zero-order valence-electron chi connectivity index (χ0n) is 15.9. The molecule has 2 heterocycles. The van der Waals surface area contributed by atoms with Gasteiger partial charge in [-0.1, -0.05) is 42.6 Å². The highest BCUT2D eigenvalue weighted by atomic mass is 35.5. The Labute approximate surface area is 165 Å². The van der Waals surface area contributed by atoms with E-state index in [0.717, 1.165) is 56.2 Å². The Kier molecular flexibility index (Phi) is 6.74. The molecule has 1 unspecified atom stereocenters. The molecule has 1 aliphatic rings. The number of amides is 1. The number of hydrogen-bond donors (Lipinski definition) is 1. The lowest BCUT2D eigenvalue weighted by Crippen LogP contribution is -2.54. The zero-order valence-corrected chi connectivity index (χ0v) is 16.7. The average molecular weight is 391 g/mol. The Morgan fingerprint density at radius 1 is 1.30 bits per heavy atom. The number of piperazine rings is 1. The summed E-state index contributed by atoms with van der Waals surface area (Å²) in [5, 5.41) is 7.53. The van der Waals surface area contributed by atoms with Crippen molar-refractivity contribution in [3.63, 3.8) is 0 Å². The number of aryl methyl sites for hydroxylation is 1. The normalized spacial score (nSPS) is 16.3. The molecule has 2 aromatic rings. The smallest absolute Gasteiger partial charge is 0.242 e. The third-order valence-corrected chi connectivity index (χ3v) is 5.18. The van der Waals surface area contributed by atoms with E-state index < -0.39 is 0 Å². The van der Waals surface area contributed by atoms with Gasteiger partial charge in [-0.05, 0) is 31.5 Å². The number of carbonyl (C=O) groups is 1. The molecule has 27 heavy (non-hydrogen) atoms. The molecule has 1 atom stereocenters. The van der Waals surface area contributed by atoms with Gasteiger partial charge >= 0.3 is 0 Å². The predicted molar refractivity (Wildman–Crippen MR) is 108 cm³/mol. The van der Waals surface area contributed by atoms with Crippen LogP contribution in [0.25, 0.3) is 0 Å². The first kappa shape index (κ1) is 19.7. The van der Waals surface area contributed by atoms with E-state index in [1.165, 1.54) is 0 Å². The largest absolute Gasteiger partial charge is 0.369 e. The van der Waals surface area contributed by atoms with E-state index >= 15 is 0 Å². The van der Waals surface area contributed by atoms with Crippen molar-refractivity contribution >= 4 is 29.0 Å². The van der Waals surface area contributed by atoms with Crippen LogP contribution in [0.5, 0.6) is 0 Å². The van der Waals surface area contributed by atoms with E-state index in [9.17, 15) is 4.79 Å². The maximum absolute atomic E-state index is 12.9. The van der Waals surface area contributed by atoms with Gasteiger partial charge in [-0.25, -0.2) is 0 Å². The van der Waals surface area contributed by atoms with Crippen LogP contribution in [-0.2, 0) is 4.79 Å². The van der Waals surface area contributed by atoms with Crippen LogP contribution in [-0.4, -0.2) is 48.2 Å². The number of nitrogens with one attached hydrogen (secondary N) is 1. The molecule has 0 aliphatic carbocycles. The molecule has 0 saturated carbocycles. The lowest BCUT2D eigenvalue weighted by Gasteiger charge is -2.39. The molecule has 6 nitrogen and oxygen atoms in total. The van der Waals surface area contributed by atoms with E-state index in [1.54, 1.807) is 6.07 Å². The van der Waals surface area contributed by atoms with Crippen LogP contribution in [0.2, 0.25) is 5.02 Å². The molecule has 0 radical (unpaired) electrons. The molecule has 1 N–H and O–H groups in total. The Balaban J connectivity index is 1.62. The van der Waals surface area contributed by atoms with Crippen LogP contribution in [0, 0.1) is 6.92 Å². The van der Waals surface area contributed by atoms with Gasteiger partial charge in [0, 0.05) is 43.0 Å². The topological polar surface area (TPSA) is 61.6 Å².